The number of benzene rings is 1. The summed E-state index contributed by atoms with van der Waals surface area (Å²) in [6.07, 6.45) is 4.77. The molecule has 1 saturated heterocycles. The lowest BCUT2D eigenvalue weighted by atomic mass is 10.0. The molecule has 3 aromatic rings. The van der Waals surface area contributed by atoms with E-state index in [1.807, 2.05) is 42.6 Å². The fourth-order valence-electron chi connectivity index (χ4n) is 3.84. The number of nitrogens with one attached hydrogen (secondary N) is 1. The Bertz CT molecular complexity index is 978. The molecule has 1 N–H and O–H groups in total. The van der Waals surface area contributed by atoms with Crippen molar-refractivity contribution in [3.8, 4) is 5.69 Å². The Hall–Kier alpha value is -2.41. The summed E-state index contributed by atoms with van der Waals surface area (Å²) in [6.45, 7) is 1.49. The number of pyridine rings is 1. The van der Waals surface area contributed by atoms with E-state index in [0.717, 1.165) is 35.2 Å². The van der Waals surface area contributed by atoms with Gasteiger partial charge < -0.3 is 19.5 Å². The summed E-state index contributed by atoms with van der Waals surface area (Å²) in [5, 5.41) is 4.94. The molecule has 2 atom stereocenters. The zero-order valence-corrected chi connectivity index (χ0v) is 17.7. The van der Waals surface area contributed by atoms with Gasteiger partial charge in [0.25, 0.3) is 0 Å². The van der Waals surface area contributed by atoms with Gasteiger partial charge in [-0.25, -0.2) is 0 Å². The third kappa shape index (κ3) is 4.15. The number of hydrogen-bond acceptors (Lipinski definition) is 3. The maximum Gasteiger partial charge on any atom is 0.170 e. The average molecular weight is 427 g/mol. The highest BCUT2D eigenvalue weighted by molar-refractivity contribution is 7.80. The first-order chi connectivity index (χ1) is 14.2. The van der Waals surface area contributed by atoms with Crippen LogP contribution in [0, 0.1) is 0 Å². The fraction of sp³-hybridized carbons (Fsp3) is 0.273. The number of rotatable bonds is 7. The number of nitrogens with zero attached hydrogens (tertiary/aromatic N) is 3. The lowest BCUT2D eigenvalue weighted by Crippen LogP contribution is -2.32. The summed E-state index contributed by atoms with van der Waals surface area (Å²) in [4.78, 5) is 6.84. The fourth-order valence-corrected chi connectivity index (χ4v) is 4.36. The van der Waals surface area contributed by atoms with Crippen molar-refractivity contribution in [2.75, 3.05) is 20.3 Å². The Balaban J connectivity index is 1.76. The molecule has 2 aromatic heterocycles. The Morgan fingerprint density at radius 1 is 1.17 bits per heavy atom. The first-order valence-corrected chi connectivity index (χ1v) is 10.4. The summed E-state index contributed by atoms with van der Waals surface area (Å²) in [5.74, 6) is 0. The molecule has 1 aromatic carbocycles. The van der Waals surface area contributed by atoms with E-state index in [0.29, 0.717) is 11.6 Å². The lowest BCUT2D eigenvalue weighted by molar-refractivity contribution is 0.180. The van der Waals surface area contributed by atoms with Crippen LogP contribution in [0.15, 0.2) is 67.0 Å². The third-order valence-corrected chi connectivity index (χ3v) is 5.70. The molecular formula is C22H23ClN4OS. The summed E-state index contributed by atoms with van der Waals surface area (Å²) in [7, 11) is 1.72. The topological polar surface area (TPSA) is 42.3 Å². The van der Waals surface area contributed by atoms with E-state index < -0.39 is 0 Å². The molecule has 1 fully saturated rings. The predicted molar refractivity (Wildman–Crippen MR) is 119 cm³/mol. The van der Waals surface area contributed by atoms with E-state index >= 15 is 0 Å². The van der Waals surface area contributed by atoms with Gasteiger partial charge in [-0.3, -0.25) is 4.98 Å². The van der Waals surface area contributed by atoms with Crippen LogP contribution in [0.5, 0.6) is 0 Å². The molecule has 1 aliphatic rings. The highest BCUT2D eigenvalue weighted by Crippen LogP contribution is 2.39. The number of ether oxygens (including phenoxy) is 1. The molecule has 0 amide bonds. The van der Waals surface area contributed by atoms with Crippen molar-refractivity contribution in [2.24, 2.45) is 0 Å². The normalized spacial score (nSPS) is 18.8. The summed E-state index contributed by atoms with van der Waals surface area (Å²) in [6, 6.07) is 18.0. The second-order valence-corrected chi connectivity index (χ2v) is 7.77. The number of methoxy groups -OCH3 is 1. The lowest BCUT2D eigenvalue weighted by Gasteiger charge is -2.29. The Kier molecular flexibility index (Phi) is 6.13. The first-order valence-electron chi connectivity index (χ1n) is 9.59. The molecule has 0 radical (unpaired) electrons. The van der Waals surface area contributed by atoms with Crippen LogP contribution in [-0.2, 0) is 4.74 Å². The molecule has 0 spiro atoms. The molecule has 2 unspecified atom stereocenters. The second kappa shape index (κ2) is 8.95. The number of aromatic nitrogens is 2. The Morgan fingerprint density at radius 2 is 2.07 bits per heavy atom. The molecule has 150 valence electrons. The molecular weight excluding hydrogens is 404 g/mol. The van der Waals surface area contributed by atoms with Crippen LogP contribution in [0.25, 0.3) is 5.69 Å². The van der Waals surface area contributed by atoms with Crippen molar-refractivity contribution in [2.45, 2.75) is 18.5 Å². The molecule has 3 heterocycles. The van der Waals surface area contributed by atoms with Crippen LogP contribution in [0.4, 0.5) is 0 Å². The Morgan fingerprint density at radius 3 is 2.83 bits per heavy atom. The van der Waals surface area contributed by atoms with Crippen LogP contribution in [0.2, 0.25) is 5.02 Å². The summed E-state index contributed by atoms with van der Waals surface area (Å²) < 4.78 is 7.43. The van der Waals surface area contributed by atoms with Crippen LogP contribution in [0.3, 0.4) is 0 Å². The molecule has 0 bridgehead atoms. The van der Waals surface area contributed by atoms with E-state index in [9.17, 15) is 0 Å². The minimum atomic E-state index is -0.0425. The zero-order valence-electron chi connectivity index (χ0n) is 16.2. The molecule has 7 heteroatoms. The van der Waals surface area contributed by atoms with Crippen LogP contribution in [-0.4, -0.2) is 39.8 Å². The van der Waals surface area contributed by atoms with Crippen molar-refractivity contribution >= 4 is 28.9 Å². The average Bonchev–Trinajstić information content (AvgIpc) is 3.33. The van der Waals surface area contributed by atoms with Crippen molar-refractivity contribution in [1.82, 2.24) is 19.8 Å². The van der Waals surface area contributed by atoms with Crippen LogP contribution < -0.4 is 5.32 Å². The van der Waals surface area contributed by atoms with Gasteiger partial charge in [-0.05, 0) is 61.1 Å². The van der Waals surface area contributed by atoms with Gasteiger partial charge >= 0.3 is 0 Å². The largest absolute Gasteiger partial charge is 0.385 e. The van der Waals surface area contributed by atoms with Crippen molar-refractivity contribution < 1.29 is 4.74 Å². The van der Waals surface area contributed by atoms with Gasteiger partial charge in [-0.15, -0.1) is 0 Å². The second-order valence-electron chi connectivity index (χ2n) is 6.95. The van der Waals surface area contributed by atoms with E-state index in [-0.39, 0.29) is 12.1 Å². The van der Waals surface area contributed by atoms with E-state index in [1.54, 1.807) is 7.11 Å². The Labute approximate surface area is 181 Å². The van der Waals surface area contributed by atoms with Crippen LogP contribution in [0.1, 0.15) is 29.9 Å². The summed E-state index contributed by atoms with van der Waals surface area (Å²) in [5.41, 5.74) is 3.12. The van der Waals surface area contributed by atoms with Crippen molar-refractivity contribution in [3.05, 3.63) is 83.4 Å². The first kappa shape index (κ1) is 19.9. The molecule has 5 nitrogen and oxygen atoms in total. The maximum atomic E-state index is 6.25. The maximum absolute atomic E-state index is 6.25. The monoisotopic (exact) mass is 426 g/mol. The molecule has 0 aliphatic carbocycles. The quantitative estimate of drug-likeness (QED) is 0.444. The number of thiocarbonyl (C=S) groups is 1. The van der Waals surface area contributed by atoms with Crippen LogP contribution >= 0.6 is 23.8 Å². The van der Waals surface area contributed by atoms with E-state index in [1.165, 1.54) is 0 Å². The third-order valence-electron chi connectivity index (χ3n) is 5.11. The van der Waals surface area contributed by atoms with E-state index in [4.69, 9.17) is 28.6 Å². The number of hydrogen-bond donors (Lipinski definition) is 1. The van der Waals surface area contributed by atoms with Gasteiger partial charge in [0.2, 0.25) is 0 Å². The van der Waals surface area contributed by atoms with Gasteiger partial charge in [0.15, 0.2) is 5.11 Å². The SMILES string of the molecule is COCCCN1C(=S)NC(c2ccccn2)C1c1cccn1-c1cccc(Cl)c1. The highest BCUT2D eigenvalue weighted by Gasteiger charge is 2.40. The predicted octanol–water partition coefficient (Wildman–Crippen LogP) is 4.53. The standard InChI is InChI=1S/C22H23ClN4OS/c1-28-14-6-13-27-21(20(25-22(27)29)18-9-2-3-11-24-18)19-10-5-12-26(19)17-8-4-7-16(23)15-17/h2-5,7-12,15,20-21H,6,13-14H2,1H3,(H,25,29). The highest BCUT2D eigenvalue weighted by atomic mass is 35.5. The van der Waals surface area contributed by atoms with Gasteiger partial charge in [-0.1, -0.05) is 23.7 Å². The number of halogens is 1. The molecule has 0 saturated carbocycles. The van der Waals surface area contributed by atoms with Gasteiger partial charge in [0, 0.05) is 49.1 Å². The zero-order chi connectivity index (χ0) is 20.2. The summed E-state index contributed by atoms with van der Waals surface area (Å²) >= 11 is 12.0. The van der Waals surface area contributed by atoms with Crippen molar-refractivity contribution in [3.63, 3.8) is 0 Å². The van der Waals surface area contributed by atoms with Crippen molar-refractivity contribution in [1.29, 1.82) is 0 Å². The molecule has 29 heavy (non-hydrogen) atoms. The molecule has 4 rings (SSSR count). The van der Waals surface area contributed by atoms with Gasteiger partial charge in [0.05, 0.1) is 17.8 Å². The van der Waals surface area contributed by atoms with E-state index in [2.05, 4.69) is 44.2 Å². The van der Waals surface area contributed by atoms with Gasteiger partial charge in [-0.2, -0.15) is 0 Å². The molecule has 1 aliphatic heterocycles. The minimum absolute atomic E-state index is 0.00300. The smallest absolute Gasteiger partial charge is 0.170 e. The minimum Gasteiger partial charge on any atom is -0.385 e. The van der Waals surface area contributed by atoms with Gasteiger partial charge in [0.1, 0.15) is 0 Å².